The molecule has 9 aromatic carbocycles. The van der Waals surface area contributed by atoms with Crippen LogP contribution in [0.4, 0.5) is 0 Å². The van der Waals surface area contributed by atoms with Crippen molar-refractivity contribution in [2.45, 2.75) is 0 Å². The topological polar surface area (TPSA) is 51.8 Å². The van der Waals surface area contributed by atoms with Crippen LogP contribution in [0.1, 0.15) is 0 Å². The van der Waals surface area contributed by atoms with Crippen molar-refractivity contribution in [3.63, 3.8) is 0 Å². The van der Waals surface area contributed by atoms with E-state index in [-0.39, 0.29) is 0 Å². The summed E-state index contributed by atoms with van der Waals surface area (Å²) >= 11 is 0. The first-order valence-electron chi connectivity index (χ1n) is 19.8. The molecule has 0 N–H and O–H groups in total. The van der Waals surface area contributed by atoms with E-state index in [0.29, 0.717) is 17.5 Å². The van der Waals surface area contributed by atoms with Gasteiger partial charge in [0.2, 0.25) is 0 Å². The van der Waals surface area contributed by atoms with Crippen LogP contribution in [0.5, 0.6) is 0 Å². The van der Waals surface area contributed by atoms with Crippen LogP contribution in [0.25, 0.3) is 111 Å². The van der Waals surface area contributed by atoms with E-state index in [2.05, 4.69) is 176 Å². The molecule has 11 rings (SSSR count). The van der Waals surface area contributed by atoms with E-state index in [1.807, 2.05) is 36.4 Å². The second kappa shape index (κ2) is 14.5. The van der Waals surface area contributed by atoms with Crippen LogP contribution in [-0.2, 0) is 0 Å². The van der Waals surface area contributed by atoms with E-state index in [4.69, 9.17) is 19.4 Å². The Kier molecular flexibility index (Phi) is 8.45. The molecule has 2 aromatic heterocycles. The number of hydrogen-bond donors (Lipinski definition) is 0. The molecule has 0 atom stereocenters. The standard InChI is InChI=1S/C55H35N3O/c1-4-15-36(16-5-1)41-21-14-22-43(33-41)55-57-53(39-19-8-3-9-20-39)56-54(58-55)40-29-27-38(28-30-40)48-35-50-49-34-42(45-24-11-10-23-44(45)37-17-6-2-7-18-37)31-32-51(49)59-52(50)47-26-13-12-25-46(47)48/h1-35H. The maximum absolute atomic E-state index is 6.64. The molecule has 0 aliphatic heterocycles. The molecule has 0 aliphatic carbocycles. The second-order valence-electron chi connectivity index (χ2n) is 14.8. The Bertz CT molecular complexity index is 3300. The van der Waals surface area contributed by atoms with Gasteiger partial charge in [0.25, 0.3) is 0 Å². The summed E-state index contributed by atoms with van der Waals surface area (Å²) in [5.74, 6) is 1.88. The zero-order valence-corrected chi connectivity index (χ0v) is 32.0. The Morgan fingerprint density at radius 3 is 1.42 bits per heavy atom. The van der Waals surface area contributed by atoms with Crippen molar-refractivity contribution in [3.8, 4) is 78.7 Å². The highest BCUT2D eigenvalue weighted by molar-refractivity contribution is 6.19. The fraction of sp³-hybridized carbons (Fsp3) is 0. The minimum absolute atomic E-state index is 0.620. The molecule has 0 radical (unpaired) electrons. The maximum Gasteiger partial charge on any atom is 0.164 e. The Hall–Kier alpha value is -7.95. The van der Waals surface area contributed by atoms with Gasteiger partial charge in [-0.3, -0.25) is 0 Å². The van der Waals surface area contributed by atoms with Crippen LogP contribution in [-0.4, -0.2) is 15.0 Å². The molecule has 0 saturated heterocycles. The van der Waals surface area contributed by atoms with Gasteiger partial charge in [0.1, 0.15) is 11.2 Å². The van der Waals surface area contributed by atoms with Gasteiger partial charge in [0, 0.05) is 32.8 Å². The number of hydrogen-bond acceptors (Lipinski definition) is 4. The van der Waals surface area contributed by atoms with E-state index in [1.165, 1.54) is 16.7 Å². The lowest BCUT2D eigenvalue weighted by Gasteiger charge is -2.11. The fourth-order valence-electron chi connectivity index (χ4n) is 8.23. The van der Waals surface area contributed by atoms with Crippen molar-refractivity contribution in [3.05, 3.63) is 212 Å². The summed E-state index contributed by atoms with van der Waals surface area (Å²) in [4.78, 5) is 15.1. The fourth-order valence-corrected chi connectivity index (χ4v) is 8.23. The third-order valence-electron chi connectivity index (χ3n) is 11.1. The van der Waals surface area contributed by atoms with Crippen LogP contribution in [0.15, 0.2) is 217 Å². The summed E-state index contributed by atoms with van der Waals surface area (Å²) < 4.78 is 6.64. The van der Waals surface area contributed by atoms with E-state index in [1.54, 1.807) is 0 Å². The summed E-state index contributed by atoms with van der Waals surface area (Å²) in [6.07, 6.45) is 0. The van der Waals surface area contributed by atoms with Gasteiger partial charge in [-0.25, -0.2) is 15.0 Å². The molecule has 0 amide bonds. The summed E-state index contributed by atoms with van der Waals surface area (Å²) in [5.41, 5.74) is 13.8. The number of benzene rings is 9. The average Bonchev–Trinajstić information content (AvgIpc) is 3.70. The van der Waals surface area contributed by atoms with Crippen LogP contribution in [0, 0.1) is 0 Å². The molecular formula is C55H35N3O. The molecule has 4 heteroatoms. The lowest BCUT2D eigenvalue weighted by atomic mass is 9.92. The van der Waals surface area contributed by atoms with E-state index in [9.17, 15) is 0 Å². The van der Waals surface area contributed by atoms with E-state index >= 15 is 0 Å². The largest absolute Gasteiger partial charge is 0.455 e. The summed E-state index contributed by atoms with van der Waals surface area (Å²) in [7, 11) is 0. The lowest BCUT2D eigenvalue weighted by molar-refractivity contribution is 0.673. The highest BCUT2D eigenvalue weighted by Crippen LogP contribution is 2.42. The SMILES string of the molecule is c1ccc(-c2cccc(-c3nc(-c4ccccc4)nc(-c4ccc(-c5cc6c7cc(-c8ccccc8-c8ccccc8)ccc7oc6c6ccccc56)cc4)n3)c2)cc1. The van der Waals surface area contributed by atoms with Gasteiger partial charge in [-0.2, -0.15) is 0 Å². The Morgan fingerprint density at radius 2 is 0.729 bits per heavy atom. The molecule has 0 unspecified atom stereocenters. The zero-order chi connectivity index (χ0) is 39.1. The molecule has 276 valence electrons. The van der Waals surface area contributed by atoms with Crippen molar-refractivity contribution in [2.24, 2.45) is 0 Å². The Labute approximate surface area is 341 Å². The lowest BCUT2D eigenvalue weighted by Crippen LogP contribution is -2.00. The average molecular weight is 754 g/mol. The van der Waals surface area contributed by atoms with Gasteiger partial charge in [-0.1, -0.05) is 188 Å². The molecular weight excluding hydrogens is 719 g/mol. The number of furan rings is 1. The van der Waals surface area contributed by atoms with Crippen LogP contribution >= 0.6 is 0 Å². The predicted molar refractivity (Wildman–Crippen MR) is 243 cm³/mol. The first-order chi connectivity index (χ1) is 29.2. The Balaban J connectivity index is 1.02. The van der Waals surface area contributed by atoms with Gasteiger partial charge in [-0.05, 0) is 74.2 Å². The quantitative estimate of drug-likeness (QED) is 0.163. The van der Waals surface area contributed by atoms with Gasteiger partial charge in [0.15, 0.2) is 17.5 Å². The highest BCUT2D eigenvalue weighted by atomic mass is 16.3. The molecule has 2 heterocycles. The van der Waals surface area contributed by atoms with E-state index in [0.717, 1.165) is 77.2 Å². The third-order valence-corrected chi connectivity index (χ3v) is 11.1. The maximum atomic E-state index is 6.64. The van der Waals surface area contributed by atoms with Crippen molar-refractivity contribution in [1.82, 2.24) is 15.0 Å². The van der Waals surface area contributed by atoms with Gasteiger partial charge in [-0.15, -0.1) is 0 Å². The van der Waals surface area contributed by atoms with Crippen LogP contribution < -0.4 is 0 Å². The van der Waals surface area contributed by atoms with Gasteiger partial charge in [0.05, 0.1) is 0 Å². The number of rotatable bonds is 7. The first kappa shape index (κ1) is 34.3. The molecule has 59 heavy (non-hydrogen) atoms. The molecule has 0 aliphatic rings. The minimum Gasteiger partial charge on any atom is -0.455 e. The van der Waals surface area contributed by atoms with Crippen molar-refractivity contribution in [2.75, 3.05) is 0 Å². The van der Waals surface area contributed by atoms with Crippen molar-refractivity contribution < 1.29 is 4.42 Å². The zero-order valence-electron chi connectivity index (χ0n) is 32.0. The predicted octanol–water partition coefficient (Wildman–Crippen LogP) is 14.6. The number of aromatic nitrogens is 3. The normalized spacial score (nSPS) is 11.4. The van der Waals surface area contributed by atoms with Crippen molar-refractivity contribution >= 4 is 32.7 Å². The first-order valence-corrected chi connectivity index (χ1v) is 19.8. The number of nitrogens with zero attached hydrogens (tertiary/aromatic N) is 3. The Morgan fingerprint density at radius 1 is 0.254 bits per heavy atom. The van der Waals surface area contributed by atoms with Crippen LogP contribution in [0.2, 0.25) is 0 Å². The second-order valence-corrected chi connectivity index (χ2v) is 14.8. The minimum atomic E-state index is 0.620. The van der Waals surface area contributed by atoms with Gasteiger partial charge < -0.3 is 4.42 Å². The monoisotopic (exact) mass is 753 g/mol. The smallest absolute Gasteiger partial charge is 0.164 e. The molecule has 0 spiro atoms. The van der Waals surface area contributed by atoms with E-state index < -0.39 is 0 Å². The molecule has 0 fully saturated rings. The molecule has 0 saturated carbocycles. The third kappa shape index (κ3) is 6.34. The summed E-state index contributed by atoms with van der Waals surface area (Å²) in [5, 5.41) is 4.39. The molecule has 11 aromatic rings. The summed E-state index contributed by atoms with van der Waals surface area (Å²) in [6.45, 7) is 0. The van der Waals surface area contributed by atoms with Crippen molar-refractivity contribution in [1.29, 1.82) is 0 Å². The highest BCUT2D eigenvalue weighted by Gasteiger charge is 2.18. The van der Waals surface area contributed by atoms with Gasteiger partial charge >= 0.3 is 0 Å². The number of fused-ring (bicyclic) bond motifs is 5. The van der Waals surface area contributed by atoms with Crippen LogP contribution in [0.3, 0.4) is 0 Å². The molecule has 4 nitrogen and oxygen atoms in total. The summed E-state index contributed by atoms with van der Waals surface area (Å²) in [6, 6.07) is 74.0. The molecule has 0 bridgehead atoms.